The van der Waals surface area contributed by atoms with E-state index in [9.17, 15) is 9.59 Å². The first kappa shape index (κ1) is 19.3. The molecule has 0 atom stereocenters. The molecule has 0 spiro atoms. The zero-order valence-electron chi connectivity index (χ0n) is 16.4. The Morgan fingerprint density at radius 1 is 1.20 bits per heavy atom. The van der Waals surface area contributed by atoms with E-state index in [1.165, 1.54) is 0 Å². The van der Waals surface area contributed by atoms with Crippen LogP contribution in [-0.2, 0) is 29.5 Å². The molecule has 7 nitrogen and oxygen atoms in total. The number of fused-ring (bicyclic) bond motifs is 1. The summed E-state index contributed by atoms with van der Waals surface area (Å²) in [5.74, 6) is 0.616. The maximum atomic E-state index is 12.3. The summed E-state index contributed by atoms with van der Waals surface area (Å²) in [7, 11) is 1.81. The first-order chi connectivity index (χ1) is 11.4. The second kappa shape index (κ2) is 6.69. The third-order valence-corrected chi connectivity index (χ3v) is 3.80. The van der Waals surface area contributed by atoms with Gasteiger partial charge in [0.2, 0.25) is 5.91 Å². The Labute approximate surface area is 149 Å². The molecule has 0 radical (unpaired) electrons. The zero-order chi connectivity index (χ0) is 19.0. The summed E-state index contributed by atoms with van der Waals surface area (Å²) < 4.78 is 7.14. The molecule has 0 saturated carbocycles. The lowest BCUT2D eigenvalue weighted by Gasteiger charge is -2.30. The Morgan fingerprint density at radius 3 is 2.40 bits per heavy atom. The van der Waals surface area contributed by atoms with Gasteiger partial charge >= 0.3 is 6.09 Å². The van der Waals surface area contributed by atoms with Gasteiger partial charge in [-0.05, 0) is 26.2 Å². The third-order valence-electron chi connectivity index (χ3n) is 3.80. The van der Waals surface area contributed by atoms with Crippen LogP contribution >= 0.6 is 0 Å². The van der Waals surface area contributed by atoms with Gasteiger partial charge in [-0.2, -0.15) is 5.10 Å². The Balaban J connectivity index is 2.15. The van der Waals surface area contributed by atoms with Crippen LogP contribution in [0.5, 0.6) is 0 Å². The molecule has 1 aromatic heterocycles. The number of carbonyl (C=O) groups excluding carboxylic acids is 2. The van der Waals surface area contributed by atoms with E-state index in [1.807, 2.05) is 48.6 Å². The Hall–Kier alpha value is -2.05. The molecule has 0 saturated heterocycles. The average Bonchev–Trinajstić information content (AvgIpc) is 2.70. The molecule has 2 rings (SSSR count). The summed E-state index contributed by atoms with van der Waals surface area (Å²) in [4.78, 5) is 26.3. The highest BCUT2D eigenvalue weighted by Gasteiger charge is 2.30. The molecular weight excluding hydrogens is 320 g/mol. The molecule has 0 aromatic carbocycles. The van der Waals surface area contributed by atoms with Crippen molar-refractivity contribution in [1.29, 1.82) is 0 Å². The Bertz CT molecular complexity index is 665. The van der Waals surface area contributed by atoms with E-state index in [0.717, 1.165) is 11.3 Å². The fourth-order valence-corrected chi connectivity index (χ4v) is 2.80. The van der Waals surface area contributed by atoms with Crippen molar-refractivity contribution in [2.75, 3.05) is 11.9 Å². The first-order valence-electron chi connectivity index (χ1n) is 8.68. The molecule has 0 bridgehead atoms. The standard InChI is InChI=1S/C18H30N4O3/c1-17(2,3)10-14(23)19-15-12-11-22(16(24)25-18(4,5)6)9-8-13(12)20-21(15)7/h8-11H2,1-7H3,(H,19,23). The van der Waals surface area contributed by atoms with E-state index in [2.05, 4.69) is 10.4 Å². The number of carbonyl (C=O) groups is 2. The lowest BCUT2D eigenvalue weighted by molar-refractivity contribution is -0.117. The summed E-state index contributed by atoms with van der Waals surface area (Å²) in [6.07, 6.45) is 0.731. The highest BCUT2D eigenvalue weighted by atomic mass is 16.6. The van der Waals surface area contributed by atoms with Crippen molar-refractivity contribution in [1.82, 2.24) is 14.7 Å². The quantitative estimate of drug-likeness (QED) is 0.889. The van der Waals surface area contributed by atoms with Gasteiger partial charge in [0.05, 0.1) is 12.2 Å². The lowest BCUT2D eigenvalue weighted by Crippen LogP contribution is -2.40. The van der Waals surface area contributed by atoms with Crippen molar-refractivity contribution >= 4 is 17.8 Å². The van der Waals surface area contributed by atoms with Crippen LogP contribution in [-0.4, -0.2) is 38.8 Å². The molecule has 1 aliphatic rings. The van der Waals surface area contributed by atoms with Gasteiger partial charge in [-0.1, -0.05) is 20.8 Å². The van der Waals surface area contributed by atoms with Crippen molar-refractivity contribution in [3.63, 3.8) is 0 Å². The maximum Gasteiger partial charge on any atom is 0.410 e. The van der Waals surface area contributed by atoms with Crippen molar-refractivity contribution in [2.24, 2.45) is 12.5 Å². The number of rotatable bonds is 2. The fraction of sp³-hybridized carbons (Fsp3) is 0.722. The summed E-state index contributed by atoms with van der Waals surface area (Å²) in [6, 6.07) is 0. The van der Waals surface area contributed by atoms with Gasteiger partial charge in [0.25, 0.3) is 0 Å². The summed E-state index contributed by atoms with van der Waals surface area (Å²) >= 11 is 0. The van der Waals surface area contributed by atoms with E-state index < -0.39 is 5.60 Å². The molecule has 25 heavy (non-hydrogen) atoms. The normalized spacial score (nSPS) is 14.9. The first-order valence-corrected chi connectivity index (χ1v) is 8.68. The lowest BCUT2D eigenvalue weighted by atomic mass is 9.92. The summed E-state index contributed by atoms with van der Waals surface area (Å²) in [5.41, 5.74) is 1.19. The molecule has 7 heteroatoms. The minimum Gasteiger partial charge on any atom is -0.444 e. The predicted octanol–water partition coefficient (Wildman–Crippen LogP) is 3.09. The topological polar surface area (TPSA) is 76.5 Å². The smallest absolute Gasteiger partial charge is 0.410 e. The van der Waals surface area contributed by atoms with Gasteiger partial charge in [0.1, 0.15) is 11.4 Å². The van der Waals surface area contributed by atoms with Crippen molar-refractivity contribution < 1.29 is 14.3 Å². The monoisotopic (exact) mass is 350 g/mol. The Kier molecular flexibility index (Phi) is 5.16. The summed E-state index contributed by atoms with van der Waals surface area (Å²) in [6.45, 7) is 12.6. The van der Waals surface area contributed by atoms with Crippen LogP contribution in [0.25, 0.3) is 0 Å². The number of ether oxygens (including phenoxy) is 1. The average molecular weight is 350 g/mol. The molecule has 1 aromatic rings. The largest absolute Gasteiger partial charge is 0.444 e. The van der Waals surface area contributed by atoms with E-state index in [0.29, 0.717) is 31.7 Å². The number of aromatic nitrogens is 2. The molecule has 140 valence electrons. The van der Waals surface area contributed by atoms with Gasteiger partial charge in [-0.3, -0.25) is 9.48 Å². The van der Waals surface area contributed by atoms with Crippen LogP contribution < -0.4 is 5.32 Å². The predicted molar refractivity (Wildman–Crippen MR) is 96.3 cm³/mol. The molecule has 2 amide bonds. The summed E-state index contributed by atoms with van der Waals surface area (Å²) in [5, 5.41) is 7.46. The van der Waals surface area contributed by atoms with Gasteiger partial charge in [0, 0.05) is 32.0 Å². The Morgan fingerprint density at radius 2 is 1.84 bits per heavy atom. The molecule has 1 N–H and O–H groups in total. The van der Waals surface area contributed by atoms with Crippen molar-refractivity contribution in [3.05, 3.63) is 11.3 Å². The van der Waals surface area contributed by atoms with E-state index in [-0.39, 0.29) is 17.4 Å². The molecule has 0 unspecified atom stereocenters. The van der Waals surface area contributed by atoms with E-state index in [1.54, 1.807) is 9.58 Å². The molecular formula is C18H30N4O3. The number of anilines is 1. The van der Waals surface area contributed by atoms with Crippen LogP contribution in [0.1, 0.15) is 59.2 Å². The van der Waals surface area contributed by atoms with E-state index in [4.69, 9.17) is 4.74 Å². The van der Waals surface area contributed by atoms with Crippen LogP contribution in [0, 0.1) is 5.41 Å². The van der Waals surface area contributed by atoms with Crippen LogP contribution in [0.2, 0.25) is 0 Å². The van der Waals surface area contributed by atoms with Gasteiger partial charge in [0.15, 0.2) is 0 Å². The van der Waals surface area contributed by atoms with Crippen molar-refractivity contribution in [2.45, 2.75) is 66.5 Å². The fourth-order valence-electron chi connectivity index (χ4n) is 2.80. The number of amides is 2. The second-order valence-corrected chi connectivity index (χ2v) is 8.83. The van der Waals surface area contributed by atoms with Crippen molar-refractivity contribution in [3.8, 4) is 0 Å². The maximum absolute atomic E-state index is 12.3. The molecule has 1 aliphatic heterocycles. The van der Waals surface area contributed by atoms with Gasteiger partial charge < -0.3 is 15.0 Å². The zero-order valence-corrected chi connectivity index (χ0v) is 16.4. The van der Waals surface area contributed by atoms with Gasteiger partial charge in [-0.25, -0.2) is 4.79 Å². The number of hydrogen-bond acceptors (Lipinski definition) is 4. The number of aryl methyl sites for hydroxylation is 1. The molecule has 0 fully saturated rings. The molecule has 0 aliphatic carbocycles. The second-order valence-electron chi connectivity index (χ2n) is 8.83. The van der Waals surface area contributed by atoms with Gasteiger partial charge in [-0.15, -0.1) is 0 Å². The third kappa shape index (κ3) is 5.21. The minimum atomic E-state index is -0.532. The van der Waals surface area contributed by atoms with Crippen LogP contribution in [0.15, 0.2) is 0 Å². The SMILES string of the molecule is Cn1nc2c(c1NC(=O)CC(C)(C)C)CN(C(=O)OC(C)(C)C)CC2. The number of nitrogens with one attached hydrogen (secondary N) is 1. The van der Waals surface area contributed by atoms with E-state index >= 15 is 0 Å². The minimum absolute atomic E-state index is 0.0484. The molecule has 2 heterocycles. The highest BCUT2D eigenvalue weighted by molar-refractivity contribution is 5.91. The van der Waals surface area contributed by atoms with Crippen LogP contribution in [0.3, 0.4) is 0 Å². The van der Waals surface area contributed by atoms with Crippen LogP contribution in [0.4, 0.5) is 10.6 Å². The number of hydrogen-bond donors (Lipinski definition) is 1. The highest BCUT2D eigenvalue weighted by Crippen LogP contribution is 2.28. The number of nitrogens with zero attached hydrogens (tertiary/aromatic N) is 3.